The SMILES string of the molecule is C=C(C)C(=O)OC1(CCC)CC(=O)OC1C. The molecular weight excluding hydrogens is 208 g/mol. The standard InChI is InChI=1S/C12H18O4/c1-5-6-12(16-11(14)8(2)3)7-10(13)15-9(12)4/h9H,2,5-7H2,1,3-4H3. The minimum absolute atomic E-state index is 0.140. The van der Waals surface area contributed by atoms with Crippen LogP contribution in [0.15, 0.2) is 12.2 Å². The van der Waals surface area contributed by atoms with Crippen LogP contribution in [0.3, 0.4) is 0 Å². The Morgan fingerprint density at radius 1 is 1.69 bits per heavy atom. The van der Waals surface area contributed by atoms with Crippen molar-refractivity contribution >= 4 is 11.9 Å². The van der Waals surface area contributed by atoms with Gasteiger partial charge in [0.05, 0.1) is 6.42 Å². The molecule has 1 rings (SSSR count). The summed E-state index contributed by atoms with van der Waals surface area (Å²) in [5, 5.41) is 0. The Labute approximate surface area is 95.6 Å². The van der Waals surface area contributed by atoms with Gasteiger partial charge < -0.3 is 9.47 Å². The molecule has 4 nitrogen and oxygen atoms in total. The Bertz CT molecular complexity index is 321. The van der Waals surface area contributed by atoms with Gasteiger partial charge in [-0.3, -0.25) is 4.79 Å². The van der Waals surface area contributed by atoms with E-state index in [-0.39, 0.29) is 18.5 Å². The number of cyclic esters (lactones) is 1. The summed E-state index contributed by atoms with van der Waals surface area (Å²) in [7, 11) is 0. The summed E-state index contributed by atoms with van der Waals surface area (Å²) in [6.45, 7) is 8.85. The van der Waals surface area contributed by atoms with Crippen LogP contribution in [-0.4, -0.2) is 23.6 Å². The van der Waals surface area contributed by atoms with E-state index < -0.39 is 11.6 Å². The van der Waals surface area contributed by atoms with E-state index in [1.54, 1.807) is 13.8 Å². The molecule has 2 unspecified atom stereocenters. The van der Waals surface area contributed by atoms with Crippen LogP contribution in [0.5, 0.6) is 0 Å². The van der Waals surface area contributed by atoms with Gasteiger partial charge in [-0.25, -0.2) is 4.79 Å². The van der Waals surface area contributed by atoms with Gasteiger partial charge in [0.15, 0.2) is 5.60 Å². The molecule has 0 amide bonds. The highest BCUT2D eigenvalue weighted by molar-refractivity contribution is 5.88. The van der Waals surface area contributed by atoms with Crippen LogP contribution in [0.1, 0.15) is 40.0 Å². The van der Waals surface area contributed by atoms with Crippen molar-refractivity contribution in [3.63, 3.8) is 0 Å². The monoisotopic (exact) mass is 226 g/mol. The lowest BCUT2D eigenvalue weighted by molar-refractivity contribution is -0.162. The Kier molecular flexibility index (Phi) is 3.73. The molecule has 0 saturated carbocycles. The highest BCUT2D eigenvalue weighted by atomic mass is 16.6. The molecule has 1 aliphatic rings. The van der Waals surface area contributed by atoms with Gasteiger partial charge >= 0.3 is 11.9 Å². The molecule has 0 spiro atoms. The highest BCUT2D eigenvalue weighted by Crippen LogP contribution is 2.35. The largest absolute Gasteiger partial charge is 0.458 e. The van der Waals surface area contributed by atoms with Gasteiger partial charge in [-0.15, -0.1) is 0 Å². The number of ether oxygens (including phenoxy) is 2. The van der Waals surface area contributed by atoms with Gasteiger partial charge in [-0.1, -0.05) is 19.9 Å². The molecule has 0 N–H and O–H groups in total. The number of esters is 2. The summed E-state index contributed by atoms with van der Waals surface area (Å²) in [4.78, 5) is 22.8. The molecule has 0 aromatic rings. The quantitative estimate of drug-likeness (QED) is 0.543. The van der Waals surface area contributed by atoms with Crippen LogP contribution < -0.4 is 0 Å². The Balaban J connectivity index is 2.85. The van der Waals surface area contributed by atoms with Crippen molar-refractivity contribution in [2.75, 3.05) is 0 Å². The molecule has 1 aliphatic heterocycles. The van der Waals surface area contributed by atoms with Crippen molar-refractivity contribution < 1.29 is 19.1 Å². The molecule has 0 aromatic carbocycles. The fourth-order valence-corrected chi connectivity index (χ4v) is 1.89. The predicted molar refractivity (Wildman–Crippen MR) is 58.7 cm³/mol. The first-order valence-corrected chi connectivity index (χ1v) is 5.49. The third-order valence-electron chi connectivity index (χ3n) is 2.81. The molecule has 0 bridgehead atoms. The van der Waals surface area contributed by atoms with E-state index in [4.69, 9.17) is 9.47 Å². The second-order valence-electron chi connectivity index (χ2n) is 4.29. The second kappa shape index (κ2) is 4.68. The molecule has 16 heavy (non-hydrogen) atoms. The maximum atomic E-state index is 11.5. The fourth-order valence-electron chi connectivity index (χ4n) is 1.89. The van der Waals surface area contributed by atoms with E-state index in [1.807, 2.05) is 6.92 Å². The van der Waals surface area contributed by atoms with Crippen LogP contribution in [0, 0.1) is 0 Å². The van der Waals surface area contributed by atoms with E-state index in [2.05, 4.69) is 6.58 Å². The van der Waals surface area contributed by atoms with E-state index >= 15 is 0 Å². The van der Waals surface area contributed by atoms with Crippen LogP contribution in [-0.2, 0) is 19.1 Å². The van der Waals surface area contributed by atoms with Gasteiger partial charge in [0.2, 0.25) is 0 Å². The highest BCUT2D eigenvalue weighted by Gasteiger charge is 2.49. The minimum Gasteiger partial charge on any atom is -0.458 e. The molecule has 0 aromatic heterocycles. The first-order valence-electron chi connectivity index (χ1n) is 5.49. The van der Waals surface area contributed by atoms with Gasteiger partial charge in [-0.2, -0.15) is 0 Å². The number of rotatable bonds is 4. The van der Waals surface area contributed by atoms with Crippen LogP contribution >= 0.6 is 0 Å². The first-order chi connectivity index (χ1) is 7.41. The minimum atomic E-state index is -0.804. The molecule has 1 heterocycles. The van der Waals surface area contributed by atoms with Gasteiger partial charge in [-0.05, 0) is 20.3 Å². The topological polar surface area (TPSA) is 52.6 Å². The number of carbonyl (C=O) groups is 2. The van der Waals surface area contributed by atoms with Crippen molar-refractivity contribution in [3.8, 4) is 0 Å². The number of hydrogen-bond donors (Lipinski definition) is 0. The zero-order chi connectivity index (χ0) is 12.3. The molecule has 90 valence electrons. The summed E-state index contributed by atoms with van der Waals surface area (Å²) in [5.41, 5.74) is -0.468. The summed E-state index contributed by atoms with van der Waals surface area (Å²) in [6.07, 6.45) is 1.20. The van der Waals surface area contributed by atoms with Gasteiger partial charge in [0.25, 0.3) is 0 Å². The molecule has 2 atom stereocenters. The van der Waals surface area contributed by atoms with Crippen molar-refractivity contribution in [3.05, 3.63) is 12.2 Å². The van der Waals surface area contributed by atoms with Crippen LogP contribution in [0.2, 0.25) is 0 Å². The van der Waals surface area contributed by atoms with Gasteiger partial charge in [0.1, 0.15) is 6.10 Å². The van der Waals surface area contributed by atoms with E-state index in [9.17, 15) is 9.59 Å². The Hall–Kier alpha value is -1.32. The molecule has 1 fully saturated rings. The van der Waals surface area contributed by atoms with E-state index in [0.717, 1.165) is 6.42 Å². The van der Waals surface area contributed by atoms with Crippen molar-refractivity contribution in [1.82, 2.24) is 0 Å². The molecule has 0 radical (unpaired) electrons. The average molecular weight is 226 g/mol. The first kappa shape index (κ1) is 12.7. The third-order valence-corrected chi connectivity index (χ3v) is 2.81. The number of hydrogen-bond acceptors (Lipinski definition) is 4. The molecule has 4 heteroatoms. The molecular formula is C12H18O4. The van der Waals surface area contributed by atoms with E-state index in [1.165, 1.54) is 0 Å². The maximum Gasteiger partial charge on any atom is 0.333 e. The van der Waals surface area contributed by atoms with Gasteiger partial charge in [0, 0.05) is 5.57 Å². The summed E-state index contributed by atoms with van der Waals surface area (Å²) in [6, 6.07) is 0. The maximum absolute atomic E-state index is 11.5. The molecule has 0 aliphatic carbocycles. The van der Waals surface area contributed by atoms with Crippen molar-refractivity contribution in [2.45, 2.75) is 51.7 Å². The summed E-state index contributed by atoms with van der Waals surface area (Å²) >= 11 is 0. The van der Waals surface area contributed by atoms with Crippen molar-refractivity contribution in [1.29, 1.82) is 0 Å². The molecule has 1 saturated heterocycles. The average Bonchev–Trinajstić information content (AvgIpc) is 2.42. The summed E-state index contributed by atoms with van der Waals surface area (Å²) < 4.78 is 10.5. The van der Waals surface area contributed by atoms with Crippen molar-refractivity contribution in [2.24, 2.45) is 0 Å². The lowest BCUT2D eigenvalue weighted by Crippen LogP contribution is -2.41. The zero-order valence-electron chi connectivity index (χ0n) is 10.0. The van der Waals surface area contributed by atoms with Crippen LogP contribution in [0.25, 0.3) is 0 Å². The lowest BCUT2D eigenvalue weighted by Gasteiger charge is -2.30. The smallest absolute Gasteiger partial charge is 0.333 e. The normalized spacial score (nSPS) is 28.7. The van der Waals surface area contributed by atoms with E-state index in [0.29, 0.717) is 12.0 Å². The third kappa shape index (κ3) is 2.43. The zero-order valence-corrected chi connectivity index (χ0v) is 10.0. The second-order valence-corrected chi connectivity index (χ2v) is 4.29. The predicted octanol–water partition coefficient (Wildman–Crippen LogP) is 1.98. The lowest BCUT2D eigenvalue weighted by atomic mass is 9.90. The fraction of sp³-hybridized carbons (Fsp3) is 0.667. The summed E-state index contributed by atoms with van der Waals surface area (Å²) in [5.74, 6) is -0.769. The number of carbonyl (C=O) groups excluding carboxylic acids is 2. The Morgan fingerprint density at radius 3 is 2.69 bits per heavy atom. The Morgan fingerprint density at radius 2 is 2.31 bits per heavy atom. The van der Waals surface area contributed by atoms with Crippen LogP contribution in [0.4, 0.5) is 0 Å².